The molecular weight excluding hydrogens is 396 g/mol. The Morgan fingerprint density at radius 1 is 1.25 bits per heavy atom. The van der Waals surface area contributed by atoms with Crippen molar-refractivity contribution in [1.82, 2.24) is 10.2 Å². The zero-order valence-corrected chi connectivity index (χ0v) is 16.5. The number of anilines is 2. The minimum Gasteiger partial charge on any atom is -0.479 e. The molecule has 0 saturated heterocycles. The number of carbonyl (C=O) groups excluding carboxylic acids is 2. The molecule has 7 nitrogen and oxygen atoms in total. The van der Waals surface area contributed by atoms with Crippen LogP contribution in [-0.2, 0) is 9.59 Å². The third-order valence-corrected chi connectivity index (χ3v) is 5.84. The van der Waals surface area contributed by atoms with Crippen LogP contribution in [0.4, 0.5) is 11.4 Å². The number of amides is 2. The topological polar surface area (TPSA) is 84.4 Å². The van der Waals surface area contributed by atoms with Crippen molar-refractivity contribution in [2.75, 3.05) is 16.8 Å². The van der Waals surface area contributed by atoms with Crippen LogP contribution in [0.25, 0.3) is 0 Å². The van der Waals surface area contributed by atoms with E-state index < -0.39 is 6.10 Å². The first-order chi connectivity index (χ1) is 13.6. The van der Waals surface area contributed by atoms with Gasteiger partial charge in [-0.05, 0) is 43.3 Å². The molecule has 142 valence electrons. The Hall–Kier alpha value is -2.91. The van der Waals surface area contributed by atoms with Crippen LogP contribution in [0.3, 0.4) is 0 Å². The standard InChI is InChI=1S/C19H16N4O3S2/c1-12-18(25)23(15-4-2-3-5-16(15)26-12)10-17(24)21-13-6-8-14(9-7-13)28-19-22-20-11-27-19/h2-9,11-12H,10H2,1H3,(H,21,24)/t12-/m0/s1. The molecule has 2 amide bonds. The Morgan fingerprint density at radius 2 is 2.04 bits per heavy atom. The third-order valence-electron chi connectivity index (χ3n) is 4.06. The van der Waals surface area contributed by atoms with E-state index in [2.05, 4.69) is 15.5 Å². The highest BCUT2D eigenvalue weighted by molar-refractivity contribution is 8.01. The van der Waals surface area contributed by atoms with Gasteiger partial charge in [-0.3, -0.25) is 14.5 Å². The molecule has 0 fully saturated rings. The van der Waals surface area contributed by atoms with Crippen molar-refractivity contribution in [3.8, 4) is 5.75 Å². The van der Waals surface area contributed by atoms with Crippen LogP contribution >= 0.6 is 23.1 Å². The molecule has 3 aromatic rings. The molecule has 2 aromatic carbocycles. The van der Waals surface area contributed by atoms with E-state index in [4.69, 9.17) is 4.74 Å². The minimum absolute atomic E-state index is 0.0785. The maximum absolute atomic E-state index is 12.5. The van der Waals surface area contributed by atoms with Gasteiger partial charge in [0.25, 0.3) is 5.91 Å². The third kappa shape index (κ3) is 4.00. The number of ether oxygens (including phenoxy) is 1. The van der Waals surface area contributed by atoms with Crippen molar-refractivity contribution >= 4 is 46.3 Å². The summed E-state index contributed by atoms with van der Waals surface area (Å²) in [4.78, 5) is 27.5. The van der Waals surface area contributed by atoms with Gasteiger partial charge in [0.05, 0.1) is 5.69 Å². The Kier molecular flexibility index (Phi) is 5.27. The number of carbonyl (C=O) groups is 2. The van der Waals surface area contributed by atoms with Crippen molar-refractivity contribution in [3.63, 3.8) is 0 Å². The second-order valence-corrected chi connectivity index (χ2v) is 8.19. The van der Waals surface area contributed by atoms with Crippen LogP contribution in [0.1, 0.15) is 6.92 Å². The lowest BCUT2D eigenvalue weighted by Gasteiger charge is -2.32. The summed E-state index contributed by atoms with van der Waals surface area (Å²) in [6, 6.07) is 14.6. The Balaban J connectivity index is 1.42. The van der Waals surface area contributed by atoms with Crippen LogP contribution < -0.4 is 15.0 Å². The summed E-state index contributed by atoms with van der Waals surface area (Å²) in [5.41, 5.74) is 2.95. The van der Waals surface area contributed by atoms with Gasteiger partial charge in [0, 0.05) is 10.6 Å². The summed E-state index contributed by atoms with van der Waals surface area (Å²) in [7, 11) is 0. The number of fused-ring (bicyclic) bond motifs is 1. The normalized spacial score (nSPS) is 15.7. The Bertz CT molecular complexity index is 993. The van der Waals surface area contributed by atoms with Crippen molar-refractivity contribution in [3.05, 3.63) is 54.0 Å². The van der Waals surface area contributed by atoms with E-state index in [1.165, 1.54) is 28.0 Å². The average molecular weight is 412 g/mol. The van der Waals surface area contributed by atoms with Crippen LogP contribution in [0.2, 0.25) is 0 Å². The lowest BCUT2D eigenvalue weighted by Crippen LogP contribution is -2.47. The van der Waals surface area contributed by atoms with E-state index in [0.29, 0.717) is 17.1 Å². The van der Waals surface area contributed by atoms with Gasteiger partial charge < -0.3 is 10.1 Å². The number of nitrogens with one attached hydrogen (secondary N) is 1. The predicted molar refractivity (Wildman–Crippen MR) is 108 cm³/mol. The van der Waals surface area contributed by atoms with E-state index in [-0.39, 0.29) is 18.4 Å². The van der Waals surface area contributed by atoms with Gasteiger partial charge in [-0.25, -0.2) is 0 Å². The number of nitrogens with zero attached hydrogens (tertiary/aromatic N) is 3. The summed E-state index contributed by atoms with van der Waals surface area (Å²) in [5.74, 6) is 0.0832. The highest BCUT2D eigenvalue weighted by Crippen LogP contribution is 2.33. The zero-order chi connectivity index (χ0) is 19.5. The molecule has 1 atom stereocenters. The van der Waals surface area contributed by atoms with Crippen LogP contribution in [0.15, 0.2) is 63.3 Å². The molecule has 1 aromatic heterocycles. The van der Waals surface area contributed by atoms with Gasteiger partial charge in [0.2, 0.25) is 5.91 Å². The molecule has 1 aliphatic rings. The number of rotatable bonds is 5. The maximum Gasteiger partial charge on any atom is 0.268 e. The van der Waals surface area contributed by atoms with Crippen molar-refractivity contribution in [2.24, 2.45) is 0 Å². The molecule has 0 radical (unpaired) electrons. The van der Waals surface area contributed by atoms with Gasteiger partial charge in [-0.15, -0.1) is 10.2 Å². The molecule has 28 heavy (non-hydrogen) atoms. The van der Waals surface area contributed by atoms with Gasteiger partial charge in [-0.2, -0.15) is 0 Å². The maximum atomic E-state index is 12.5. The molecular formula is C19H16N4O3S2. The van der Waals surface area contributed by atoms with Crippen LogP contribution in [0.5, 0.6) is 5.75 Å². The van der Waals surface area contributed by atoms with Crippen LogP contribution in [0, 0.1) is 0 Å². The Morgan fingerprint density at radius 3 is 2.79 bits per heavy atom. The highest BCUT2D eigenvalue weighted by Gasteiger charge is 2.32. The number of para-hydroxylation sites is 2. The number of hydrogen-bond donors (Lipinski definition) is 1. The molecule has 0 saturated carbocycles. The second-order valence-electron chi connectivity index (χ2n) is 6.03. The SMILES string of the molecule is C[C@@H]1Oc2ccccc2N(CC(=O)Nc2ccc(Sc3nncs3)cc2)C1=O. The largest absolute Gasteiger partial charge is 0.479 e. The van der Waals surface area contributed by atoms with Gasteiger partial charge >= 0.3 is 0 Å². The zero-order valence-electron chi connectivity index (χ0n) is 14.9. The first-order valence-electron chi connectivity index (χ1n) is 8.51. The van der Waals surface area contributed by atoms with E-state index >= 15 is 0 Å². The fourth-order valence-electron chi connectivity index (χ4n) is 2.78. The van der Waals surface area contributed by atoms with Crippen LogP contribution in [-0.4, -0.2) is 34.7 Å². The fourth-order valence-corrected chi connectivity index (χ4v) is 4.23. The summed E-state index contributed by atoms with van der Waals surface area (Å²) < 4.78 is 6.45. The molecule has 1 aliphatic heterocycles. The second kappa shape index (κ2) is 7.99. The summed E-state index contributed by atoms with van der Waals surface area (Å²) >= 11 is 2.98. The summed E-state index contributed by atoms with van der Waals surface area (Å²) in [6.07, 6.45) is -0.626. The molecule has 2 heterocycles. The molecule has 0 bridgehead atoms. The first-order valence-corrected chi connectivity index (χ1v) is 10.2. The molecule has 0 spiro atoms. The van der Waals surface area contributed by atoms with Crippen molar-refractivity contribution in [1.29, 1.82) is 0 Å². The quantitative estimate of drug-likeness (QED) is 0.691. The first kappa shape index (κ1) is 18.5. The van der Waals surface area contributed by atoms with Gasteiger partial charge in [-0.1, -0.05) is 35.2 Å². The smallest absolute Gasteiger partial charge is 0.268 e. The molecule has 1 N–H and O–H groups in total. The average Bonchev–Trinajstić information content (AvgIpc) is 3.20. The molecule has 0 aliphatic carbocycles. The van der Waals surface area contributed by atoms with E-state index in [1.807, 2.05) is 36.4 Å². The monoisotopic (exact) mass is 412 g/mol. The number of aromatic nitrogens is 2. The van der Waals surface area contributed by atoms with Crippen molar-refractivity contribution < 1.29 is 14.3 Å². The molecule has 0 unspecified atom stereocenters. The number of benzene rings is 2. The minimum atomic E-state index is -0.626. The number of hydrogen-bond acceptors (Lipinski definition) is 7. The lowest BCUT2D eigenvalue weighted by molar-refractivity contribution is -0.127. The molecule has 9 heteroatoms. The Labute approximate surface area is 169 Å². The highest BCUT2D eigenvalue weighted by atomic mass is 32.2. The molecule has 4 rings (SSSR count). The van der Waals surface area contributed by atoms with E-state index in [9.17, 15) is 9.59 Å². The summed E-state index contributed by atoms with van der Waals surface area (Å²) in [6.45, 7) is 1.60. The van der Waals surface area contributed by atoms with Gasteiger partial charge in [0.1, 0.15) is 17.8 Å². The lowest BCUT2D eigenvalue weighted by atomic mass is 10.2. The predicted octanol–water partition coefficient (Wildman–Crippen LogP) is 3.44. The summed E-state index contributed by atoms with van der Waals surface area (Å²) in [5, 5.41) is 10.6. The van der Waals surface area contributed by atoms with E-state index in [1.54, 1.807) is 24.6 Å². The van der Waals surface area contributed by atoms with Gasteiger partial charge in [0.15, 0.2) is 10.4 Å². The van der Waals surface area contributed by atoms with E-state index in [0.717, 1.165) is 9.24 Å². The fraction of sp³-hybridized carbons (Fsp3) is 0.158. The van der Waals surface area contributed by atoms with Crippen molar-refractivity contribution in [2.45, 2.75) is 22.3 Å².